The van der Waals surface area contributed by atoms with Crippen molar-refractivity contribution in [3.8, 4) is 0 Å². The molecule has 0 spiro atoms. The Balaban J connectivity index is 0.000000640. The molecule has 0 radical (unpaired) electrons. The first-order valence-corrected chi connectivity index (χ1v) is 2.32. The summed E-state index contributed by atoms with van der Waals surface area (Å²) >= 11 is 0. The van der Waals surface area contributed by atoms with E-state index in [0.717, 1.165) is 12.2 Å². The quantitative estimate of drug-likeness (QED) is 0.284. The molecule has 0 N–H and O–H groups in total. The van der Waals surface area contributed by atoms with Gasteiger partial charge in [0.1, 0.15) is 6.17 Å². The van der Waals surface area contributed by atoms with E-state index in [-0.39, 0.29) is 18.9 Å². The molecule has 0 aromatic heterocycles. The van der Waals surface area contributed by atoms with E-state index >= 15 is 0 Å². The van der Waals surface area contributed by atoms with Gasteiger partial charge in [-0.25, -0.2) is 6.08 Å². The summed E-state index contributed by atoms with van der Waals surface area (Å²) in [7, 11) is 0. The van der Waals surface area contributed by atoms with Crippen molar-refractivity contribution in [2.75, 3.05) is 0 Å². The molecule has 0 amide bonds. The van der Waals surface area contributed by atoms with E-state index in [2.05, 4.69) is 0 Å². The standard InChI is InChI=1S/C6H5F2.Li/c7-5-3-1-2-4-6(5)8;/h1-5H;/q-1;+1. The molecule has 1 rings (SSSR count). The first kappa shape index (κ1) is 8.81. The molecule has 0 aromatic carbocycles. The van der Waals surface area contributed by atoms with Gasteiger partial charge in [-0.1, -0.05) is 6.08 Å². The Labute approximate surface area is 64.8 Å². The van der Waals surface area contributed by atoms with E-state index in [9.17, 15) is 8.78 Å². The zero-order valence-electron chi connectivity index (χ0n) is 5.14. The first-order valence-electron chi connectivity index (χ1n) is 2.32. The van der Waals surface area contributed by atoms with E-state index in [4.69, 9.17) is 0 Å². The summed E-state index contributed by atoms with van der Waals surface area (Å²) in [4.78, 5) is 0. The van der Waals surface area contributed by atoms with Gasteiger partial charge >= 0.3 is 18.9 Å². The molecule has 9 heavy (non-hydrogen) atoms. The third-order valence-electron chi connectivity index (χ3n) is 0.910. The normalized spacial score (nSPS) is 23.8. The predicted octanol–water partition coefficient (Wildman–Crippen LogP) is -1.04. The largest absolute Gasteiger partial charge is 1.00 e. The summed E-state index contributed by atoms with van der Waals surface area (Å²) in [5.74, 6) is 0. The Morgan fingerprint density at radius 1 is 1.33 bits per heavy atom. The van der Waals surface area contributed by atoms with Crippen LogP contribution in [0.4, 0.5) is 8.78 Å². The van der Waals surface area contributed by atoms with Crippen LogP contribution in [0.5, 0.6) is 0 Å². The van der Waals surface area contributed by atoms with Crippen LogP contribution in [-0.4, -0.2) is 6.17 Å². The molecule has 1 unspecified atom stereocenters. The Morgan fingerprint density at radius 2 is 2.00 bits per heavy atom. The zero-order valence-corrected chi connectivity index (χ0v) is 5.14. The van der Waals surface area contributed by atoms with Crippen LogP contribution >= 0.6 is 0 Å². The Bertz CT molecular complexity index is 115. The molecule has 0 heterocycles. The fourth-order valence-corrected chi connectivity index (χ4v) is 0.493. The molecule has 0 saturated heterocycles. The van der Waals surface area contributed by atoms with Crippen molar-refractivity contribution in [1.82, 2.24) is 0 Å². The maximum atomic E-state index is 12.0. The van der Waals surface area contributed by atoms with Crippen molar-refractivity contribution in [2.24, 2.45) is 0 Å². The summed E-state index contributed by atoms with van der Waals surface area (Å²) in [6, 6.07) is 0. The minimum Gasteiger partial charge on any atom is -0.321 e. The smallest absolute Gasteiger partial charge is 0.321 e. The van der Waals surface area contributed by atoms with Gasteiger partial charge in [0, 0.05) is 0 Å². The van der Waals surface area contributed by atoms with Gasteiger partial charge in [0.15, 0.2) is 0 Å². The van der Waals surface area contributed by atoms with E-state index in [1.54, 1.807) is 0 Å². The molecule has 0 fully saturated rings. The van der Waals surface area contributed by atoms with Crippen LogP contribution in [0, 0.1) is 6.17 Å². The van der Waals surface area contributed by atoms with Crippen molar-refractivity contribution < 1.29 is 27.6 Å². The van der Waals surface area contributed by atoms with Gasteiger partial charge in [0.2, 0.25) is 0 Å². The van der Waals surface area contributed by atoms with Gasteiger partial charge in [-0.3, -0.25) is 4.39 Å². The first-order chi connectivity index (χ1) is 3.80. The van der Waals surface area contributed by atoms with Gasteiger partial charge in [0.25, 0.3) is 0 Å². The topological polar surface area (TPSA) is 0 Å². The van der Waals surface area contributed by atoms with Crippen LogP contribution in [-0.2, 0) is 0 Å². The van der Waals surface area contributed by atoms with Crippen LogP contribution in [0.25, 0.3) is 0 Å². The molecule has 0 aliphatic heterocycles. The minimum absolute atomic E-state index is 0. The molecule has 0 bridgehead atoms. The Hall–Kier alpha value is -0.193. The number of allylic oxidation sites excluding steroid dienone is 4. The molecular weight excluding hydrogens is 117 g/mol. The fourth-order valence-electron chi connectivity index (χ4n) is 0.493. The Kier molecular flexibility index (Phi) is 3.68. The molecule has 0 aromatic rings. The Morgan fingerprint density at radius 3 is 2.33 bits per heavy atom. The third-order valence-corrected chi connectivity index (χ3v) is 0.910. The summed E-state index contributed by atoms with van der Waals surface area (Å²) in [5.41, 5.74) is 0. The summed E-state index contributed by atoms with van der Waals surface area (Å²) in [6.07, 6.45) is 2.99. The molecule has 1 aliphatic carbocycles. The van der Waals surface area contributed by atoms with Crippen molar-refractivity contribution in [3.63, 3.8) is 0 Å². The van der Waals surface area contributed by atoms with Gasteiger partial charge < -0.3 is 4.39 Å². The van der Waals surface area contributed by atoms with E-state index in [1.807, 2.05) is 0 Å². The second kappa shape index (κ2) is 3.76. The van der Waals surface area contributed by atoms with Gasteiger partial charge in [-0.15, -0.1) is 6.08 Å². The number of hydrogen-bond acceptors (Lipinski definition) is 0. The van der Waals surface area contributed by atoms with E-state index < -0.39 is 12.3 Å². The summed E-state index contributed by atoms with van der Waals surface area (Å²) in [5, 5.41) is 0. The van der Waals surface area contributed by atoms with Crippen molar-refractivity contribution in [3.05, 3.63) is 30.5 Å². The third kappa shape index (κ3) is 2.25. The predicted molar refractivity (Wildman–Crippen MR) is 27.5 cm³/mol. The summed E-state index contributed by atoms with van der Waals surface area (Å²) in [6.45, 7) is 0. The SMILES string of the molecule is F[C-]1C=CC=CC1F.[Li+]. The van der Waals surface area contributed by atoms with Crippen LogP contribution in [0.15, 0.2) is 24.3 Å². The van der Waals surface area contributed by atoms with Crippen LogP contribution in [0.2, 0.25) is 0 Å². The molecule has 0 saturated carbocycles. The van der Waals surface area contributed by atoms with Gasteiger partial charge in [-0.2, -0.15) is 6.08 Å². The minimum atomic E-state index is -1.51. The number of rotatable bonds is 0. The maximum absolute atomic E-state index is 12.0. The number of alkyl halides is 1. The van der Waals surface area contributed by atoms with Crippen LogP contribution in [0.3, 0.4) is 0 Å². The fraction of sp³-hybridized carbons (Fsp3) is 0.167. The van der Waals surface area contributed by atoms with E-state index in [0.29, 0.717) is 0 Å². The van der Waals surface area contributed by atoms with Crippen LogP contribution in [0.1, 0.15) is 0 Å². The number of halogens is 2. The zero-order chi connectivity index (χ0) is 5.98. The van der Waals surface area contributed by atoms with Gasteiger partial charge in [-0.05, 0) is 6.17 Å². The summed E-state index contributed by atoms with van der Waals surface area (Å²) < 4.78 is 24.0. The molecule has 3 heteroatoms. The second-order valence-electron chi connectivity index (χ2n) is 1.53. The monoisotopic (exact) mass is 122 g/mol. The van der Waals surface area contributed by atoms with Crippen molar-refractivity contribution >= 4 is 0 Å². The van der Waals surface area contributed by atoms with Crippen molar-refractivity contribution in [1.29, 1.82) is 0 Å². The molecule has 1 atom stereocenters. The number of hydrogen-bond donors (Lipinski definition) is 0. The molecule has 1 aliphatic rings. The van der Waals surface area contributed by atoms with Crippen molar-refractivity contribution in [2.45, 2.75) is 6.17 Å². The average Bonchev–Trinajstić information content (AvgIpc) is 1.77. The van der Waals surface area contributed by atoms with Crippen LogP contribution < -0.4 is 18.9 Å². The average molecular weight is 122 g/mol. The second-order valence-corrected chi connectivity index (χ2v) is 1.53. The molecular formula is C6H5F2Li. The molecule has 44 valence electrons. The molecule has 0 nitrogen and oxygen atoms in total. The maximum Gasteiger partial charge on any atom is 1.00 e. The van der Waals surface area contributed by atoms with Gasteiger partial charge in [0.05, 0.1) is 0 Å². The van der Waals surface area contributed by atoms with E-state index in [1.165, 1.54) is 12.2 Å².